The van der Waals surface area contributed by atoms with Crippen LogP contribution in [0.15, 0.2) is 18.2 Å². The molecule has 0 atom stereocenters. The summed E-state index contributed by atoms with van der Waals surface area (Å²) >= 11 is 1.55. The monoisotopic (exact) mass is 345 g/mol. The zero-order valence-electron chi connectivity index (χ0n) is 14.7. The van der Waals surface area contributed by atoms with Gasteiger partial charge in [-0.05, 0) is 31.5 Å². The van der Waals surface area contributed by atoms with Gasteiger partial charge in [0.05, 0.1) is 17.9 Å². The van der Waals surface area contributed by atoms with E-state index in [1.807, 2.05) is 0 Å². The van der Waals surface area contributed by atoms with E-state index in [2.05, 4.69) is 41.9 Å². The van der Waals surface area contributed by atoms with Crippen LogP contribution in [0.5, 0.6) is 5.75 Å². The summed E-state index contributed by atoms with van der Waals surface area (Å²) in [6.07, 6.45) is 6.52. The van der Waals surface area contributed by atoms with E-state index in [0.717, 1.165) is 41.6 Å². The van der Waals surface area contributed by atoms with Gasteiger partial charge < -0.3 is 15.4 Å². The first-order valence-corrected chi connectivity index (χ1v) is 9.75. The quantitative estimate of drug-likeness (QED) is 0.727. The molecule has 1 aromatic heterocycles. The molecule has 0 unspecified atom stereocenters. The summed E-state index contributed by atoms with van der Waals surface area (Å²) in [4.78, 5) is 8.11. The number of unbranched alkanes of at least 4 members (excludes halogenated alkanes) is 4. The number of aromatic nitrogens is 1. The van der Waals surface area contributed by atoms with Crippen LogP contribution < -0.4 is 15.4 Å². The Bertz CT molecular complexity index is 683. The molecule has 5 heteroatoms. The zero-order chi connectivity index (χ0) is 16.9. The van der Waals surface area contributed by atoms with E-state index in [-0.39, 0.29) is 0 Å². The average Bonchev–Trinajstić information content (AvgIpc) is 2.93. The Morgan fingerprint density at radius 1 is 1.25 bits per heavy atom. The Hall–Kier alpha value is -1.75. The SMILES string of the molecule is CCCCCCCN1CCOc2ccc(-c3nc(N)sc3C)cc21. The molecule has 0 radical (unpaired) electrons. The molecule has 0 aliphatic carbocycles. The number of anilines is 2. The summed E-state index contributed by atoms with van der Waals surface area (Å²) in [5.41, 5.74) is 9.17. The zero-order valence-corrected chi connectivity index (χ0v) is 15.5. The number of hydrogen-bond acceptors (Lipinski definition) is 5. The number of nitrogens with zero attached hydrogens (tertiary/aromatic N) is 2. The smallest absolute Gasteiger partial charge is 0.180 e. The molecule has 1 aliphatic heterocycles. The molecule has 0 saturated heterocycles. The predicted octanol–water partition coefficient (Wildman–Crippen LogP) is 4.87. The van der Waals surface area contributed by atoms with Crippen molar-refractivity contribution in [1.82, 2.24) is 4.98 Å². The average molecular weight is 346 g/mol. The molecular weight excluding hydrogens is 318 g/mol. The standard InChI is InChI=1S/C19H27N3OS/c1-3-4-5-6-7-10-22-11-12-23-17-9-8-15(13-16(17)22)18-14(2)24-19(20)21-18/h8-9,13H,3-7,10-12H2,1-2H3,(H2,20,21). The highest BCUT2D eigenvalue weighted by Gasteiger charge is 2.19. The highest BCUT2D eigenvalue weighted by atomic mass is 32.1. The van der Waals surface area contributed by atoms with Crippen molar-refractivity contribution in [1.29, 1.82) is 0 Å². The predicted molar refractivity (Wildman–Crippen MR) is 103 cm³/mol. The maximum atomic E-state index is 5.86. The van der Waals surface area contributed by atoms with Gasteiger partial charge in [-0.25, -0.2) is 4.98 Å². The molecule has 3 rings (SSSR count). The van der Waals surface area contributed by atoms with Crippen molar-refractivity contribution in [3.05, 3.63) is 23.1 Å². The molecule has 0 amide bonds. The third-order valence-electron chi connectivity index (χ3n) is 4.54. The fourth-order valence-corrected chi connectivity index (χ4v) is 3.95. The third kappa shape index (κ3) is 3.83. The first-order chi connectivity index (χ1) is 11.7. The summed E-state index contributed by atoms with van der Waals surface area (Å²) < 4.78 is 5.84. The molecule has 2 aromatic rings. The molecule has 130 valence electrons. The van der Waals surface area contributed by atoms with Gasteiger partial charge in [0.2, 0.25) is 0 Å². The van der Waals surface area contributed by atoms with Crippen LogP contribution in [0.2, 0.25) is 0 Å². The molecule has 0 bridgehead atoms. The number of thiazole rings is 1. The van der Waals surface area contributed by atoms with Crippen LogP contribution in [0.25, 0.3) is 11.3 Å². The highest BCUT2D eigenvalue weighted by Crippen LogP contribution is 2.37. The van der Waals surface area contributed by atoms with E-state index in [1.54, 1.807) is 11.3 Å². The van der Waals surface area contributed by atoms with Crippen molar-refractivity contribution >= 4 is 22.2 Å². The van der Waals surface area contributed by atoms with E-state index in [4.69, 9.17) is 10.5 Å². The summed E-state index contributed by atoms with van der Waals surface area (Å²) in [7, 11) is 0. The molecule has 1 aromatic carbocycles. The van der Waals surface area contributed by atoms with Crippen LogP contribution in [0.4, 0.5) is 10.8 Å². The molecule has 0 fully saturated rings. The summed E-state index contributed by atoms with van der Waals surface area (Å²) in [6.45, 7) is 7.16. The topological polar surface area (TPSA) is 51.4 Å². The molecule has 2 heterocycles. The Balaban J connectivity index is 1.76. The maximum absolute atomic E-state index is 5.86. The van der Waals surface area contributed by atoms with Crippen LogP contribution in [0.1, 0.15) is 43.9 Å². The fourth-order valence-electron chi connectivity index (χ4n) is 3.24. The lowest BCUT2D eigenvalue weighted by atomic mass is 10.1. The van der Waals surface area contributed by atoms with E-state index < -0.39 is 0 Å². The first-order valence-electron chi connectivity index (χ1n) is 8.94. The second-order valence-corrected chi connectivity index (χ2v) is 7.62. The van der Waals surface area contributed by atoms with Crippen LogP contribution in [0, 0.1) is 6.92 Å². The van der Waals surface area contributed by atoms with Crippen LogP contribution >= 0.6 is 11.3 Å². The lowest BCUT2D eigenvalue weighted by molar-refractivity contribution is 0.307. The van der Waals surface area contributed by atoms with E-state index >= 15 is 0 Å². The Labute approximate surface area is 148 Å². The third-order valence-corrected chi connectivity index (χ3v) is 5.34. The molecule has 0 spiro atoms. The number of fused-ring (bicyclic) bond motifs is 1. The van der Waals surface area contributed by atoms with Crippen molar-refractivity contribution in [2.45, 2.75) is 46.0 Å². The van der Waals surface area contributed by atoms with Crippen LogP contribution in [0.3, 0.4) is 0 Å². The number of aryl methyl sites for hydroxylation is 1. The van der Waals surface area contributed by atoms with Gasteiger partial charge in [-0.15, -0.1) is 11.3 Å². The number of hydrogen-bond donors (Lipinski definition) is 1. The van der Waals surface area contributed by atoms with Crippen molar-refractivity contribution in [2.24, 2.45) is 0 Å². The van der Waals surface area contributed by atoms with Gasteiger partial charge in [0.15, 0.2) is 5.13 Å². The highest BCUT2D eigenvalue weighted by molar-refractivity contribution is 7.15. The van der Waals surface area contributed by atoms with Crippen molar-refractivity contribution in [3.63, 3.8) is 0 Å². The Morgan fingerprint density at radius 3 is 2.83 bits per heavy atom. The molecular formula is C19H27N3OS. The van der Waals surface area contributed by atoms with Crippen molar-refractivity contribution < 1.29 is 4.74 Å². The van der Waals surface area contributed by atoms with Gasteiger partial charge in [0.1, 0.15) is 12.4 Å². The van der Waals surface area contributed by atoms with Gasteiger partial charge >= 0.3 is 0 Å². The lowest BCUT2D eigenvalue weighted by Crippen LogP contribution is -2.33. The molecule has 2 N–H and O–H groups in total. The van der Waals surface area contributed by atoms with Gasteiger partial charge in [-0.3, -0.25) is 0 Å². The number of nitrogens with two attached hydrogens (primary N) is 1. The summed E-state index contributed by atoms with van der Waals surface area (Å²) in [5.74, 6) is 0.986. The fraction of sp³-hybridized carbons (Fsp3) is 0.526. The van der Waals surface area contributed by atoms with E-state index in [0.29, 0.717) is 5.13 Å². The Morgan fingerprint density at radius 2 is 2.08 bits per heavy atom. The maximum Gasteiger partial charge on any atom is 0.180 e. The van der Waals surface area contributed by atoms with E-state index in [9.17, 15) is 0 Å². The summed E-state index contributed by atoms with van der Waals surface area (Å²) in [5, 5.41) is 0.629. The minimum Gasteiger partial charge on any atom is -0.490 e. The minimum atomic E-state index is 0.629. The van der Waals surface area contributed by atoms with Crippen LogP contribution in [-0.2, 0) is 0 Å². The van der Waals surface area contributed by atoms with Crippen LogP contribution in [-0.4, -0.2) is 24.7 Å². The number of nitrogen functional groups attached to an aromatic ring is 1. The number of ether oxygens (including phenoxy) is 1. The molecule has 1 aliphatic rings. The molecule has 0 saturated carbocycles. The van der Waals surface area contributed by atoms with Crippen molar-refractivity contribution in [2.75, 3.05) is 30.3 Å². The number of benzene rings is 1. The largest absolute Gasteiger partial charge is 0.490 e. The Kier molecular flexibility index (Phi) is 5.61. The second-order valence-electron chi connectivity index (χ2n) is 6.39. The normalized spacial score (nSPS) is 13.7. The second kappa shape index (κ2) is 7.88. The first kappa shape index (κ1) is 17.1. The van der Waals surface area contributed by atoms with E-state index in [1.165, 1.54) is 37.8 Å². The van der Waals surface area contributed by atoms with Gasteiger partial charge in [-0.1, -0.05) is 32.6 Å². The molecule has 4 nitrogen and oxygen atoms in total. The number of rotatable bonds is 7. The minimum absolute atomic E-state index is 0.629. The van der Waals surface area contributed by atoms with Crippen molar-refractivity contribution in [3.8, 4) is 17.0 Å². The van der Waals surface area contributed by atoms with Gasteiger partial charge in [0, 0.05) is 17.0 Å². The molecule has 24 heavy (non-hydrogen) atoms. The van der Waals surface area contributed by atoms with Gasteiger partial charge in [0.25, 0.3) is 0 Å². The van der Waals surface area contributed by atoms with Gasteiger partial charge in [-0.2, -0.15) is 0 Å². The lowest BCUT2D eigenvalue weighted by Gasteiger charge is -2.31. The summed E-state index contributed by atoms with van der Waals surface area (Å²) in [6, 6.07) is 6.37.